The van der Waals surface area contributed by atoms with Crippen LogP contribution in [0.25, 0.3) is 0 Å². The number of nitrogens with two attached hydrogens (primary N) is 1. The number of nitrogens with zero attached hydrogens (tertiary/aromatic N) is 1. The van der Waals surface area contributed by atoms with E-state index in [1.54, 1.807) is 6.20 Å². The van der Waals surface area contributed by atoms with Crippen LogP contribution in [0.1, 0.15) is 37.9 Å². The van der Waals surface area contributed by atoms with Crippen molar-refractivity contribution >= 4 is 6.03 Å². The van der Waals surface area contributed by atoms with Gasteiger partial charge in [0.25, 0.3) is 0 Å². The van der Waals surface area contributed by atoms with E-state index in [-0.39, 0.29) is 5.54 Å². The molecule has 0 atom stereocenters. The third-order valence-corrected chi connectivity index (χ3v) is 3.10. The van der Waals surface area contributed by atoms with Gasteiger partial charge >= 0.3 is 6.03 Å². The third-order valence-electron chi connectivity index (χ3n) is 3.10. The molecule has 0 spiro atoms. The van der Waals surface area contributed by atoms with Crippen molar-refractivity contribution in [3.63, 3.8) is 0 Å². The van der Waals surface area contributed by atoms with Crippen LogP contribution in [0.2, 0.25) is 0 Å². The van der Waals surface area contributed by atoms with Gasteiger partial charge in [-0.2, -0.15) is 0 Å². The van der Waals surface area contributed by atoms with Gasteiger partial charge in [0.05, 0.1) is 11.2 Å². The second-order valence-electron chi connectivity index (χ2n) is 5.15. The Kier molecular flexibility index (Phi) is 3.52. The number of carbonyl (C=O) groups is 1. The Morgan fingerprint density at radius 2 is 2.22 bits per heavy atom. The lowest BCUT2D eigenvalue weighted by atomic mass is 10.1. The van der Waals surface area contributed by atoms with Gasteiger partial charge in [-0.25, -0.2) is 4.79 Å². The highest BCUT2D eigenvalue weighted by Gasteiger charge is 2.45. The fraction of sp³-hybridized carbons (Fsp3) is 0.538. The van der Waals surface area contributed by atoms with Gasteiger partial charge in [-0.15, -0.1) is 0 Å². The standard InChI is InChI=1S/C13H20N4O/c1-9(2)17-13(5-6-13)11-4-3-10(7-15-11)8-16-12(14)18/h3-4,7,9,17H,5-6,8H2,1-2H3,(H3,14,16,18). The van der Waals surface area contributed by atoms with Crippen LogP contribution in [0.15, 0.2) is 18.3 Å². The van der Waals surface area contributed by atoms with Crippen LogP contribution in [-0.2, 0) is 12.1 Å². The smallest absolute Gasteiger partial charge is 0.312 e. The molecule has 1 saturated carbocycles. The quantitative estimate of drug-likeness (QED) is 0.733. The van der Waals surface area contributed by atoms with Gasteiger partial charge in [0.15, 0.2) is 0 Å². The molecule has 18 heavy (non-hydrogen) atoms. The number of rotatable bonds is 5. The van der Waals surface area contributed by atoms with E-state index in [4.69, 9.17) is 5.73 Å². The van der Waals surface area contributed by atoms with E-state index in [0.29, 0.717) is 12.6 Å². The zero-order valence-corrected chi connectivity index (χ0v) is 10.9. The summed E-state index contributed by atoms with van der Waals surface area (Å²) in [5.41, 5.74) is 7.14. The van der Waals surface area contributed by atoms with Gasteiger partial charge in [-0.1, -0.05) is 6.07 Å². The van der Waals surface area contributed by atoms with Gasteiger partial charge in [-0.3, -0.25) is 4.98 Å². The molecule has 0 aromatic carbocycles. The summed E-state index contributed by atoms with van der Waals surface area (Å²) in [6.07, 6.45) is 4.07. The molecule has 1 fully saturated rings. The Morgan fingerprint density at radius 3 is 2.67 bits per heavy atom. The Balaban J connectivity index is 2.01. The second-order valence-corrected chi connectivity index (χ2v) is 5.15. The summed E-state index contributed by atoms with van der Waals surface area (Å²) in [5.74, 6) is 0. The van der Waals surface area contributed by atoms with Crippen molar-refractivity contribution in [2.45, 2.75) is 44.8 Å². The van der Waals surface area contributed by atoms with Gasteiger partial charge < -0.3 is 16.4 Å². The van der Waals surface area contributed by atoms with Gasteiger partial charge in [0.1, 0.15) is 0 Å². The summed E-state index contributed by atoms with van der Waals surface area (Å²) in [6, 6.07) is 3.95. The van der Waals surface area contributed by atoms with Crippen molar-refractivity contribution in [1.82, 2.24) is 15.6 Å². The predicted octanol–water partition coefficient (Wildman–Crippen LogP) is 1.24. The Bertz CT molecular complexity index is 423. The molecule has 5 nitrogen and oxygen atoms in total. The number of urea groups is 1. The van der Waals surface area contributed by atoms with E-state index in [1.807, 2.05) is 12.1 Å². The first-order valence-electron chi connectivity index (χ1n) is 6.28. The Hall–Kier alpha value is -1.62. The lowest BCUT2D eigenvalue weighted by molar-refractivity contribution is 0.248. The van der Waals surface area contributed by atoms with Crippen molar-refractivity contribution in [3.8, 4) is 0 Å². The second kappa shape index (κ2) is 4.94. The fourth-order valence-electron chi connectivity index (χ4n) is 2.15. The van der Waals surface area contributed by atoms with E-state index in [1.165, 1.54) is 0 Å². The van der Waals surface area contributed by atoms with Crippen LogP contribution >= 0.6 is 0 Å². The molecule has 0 aliphatic heterocycles. The van der Waals surface area contributed by atoms with E-state index in [2.05, 4.69) is 29.5 Å². The molecule has 1 aliphatic carbocycles. The molecule has 1 aromatic rings. The van der Waals surface area contributed by atoms with E-state index in [9.17, 15) is 4.79 Å². The summed E-state index contributed by atoms with van der Waals surface area (Å²) in [5, 5.41) is 6.12. The maximum Gasteiger partial charge on any atom is 0.312 e. The summed E-state index contributed by atoms with van der Waals surface area (Å²) in [4.78, 5) is 15.1. The van der Waals surface area contributed by atoms with Crippen molar-refractivity contribution in [2.24, 2.45) is 5.73 Å². The molecule has 0 radical (unpaired) electrons. The molecular formula is C13H20N4O. The average Bonchev–Trinajstić information content (AvgIpc) is 3.07. The average molecular weight is 248 g/mol. The normalized spacial score (nSPS) is 16.6. The Morgan fingerprint density at radius 1 is 1.50 bits per heavy atom. The zero-order chi connectivity index (χ0) is 13.2. The summed E-state index contributed by atoms with van der Waals surface area (Å²) in [7, 11) is 0. The first-order valence-corrected chi connectivity index (χ1v) is 6.28. The number of hydrogen-bond donors (Lipinski definition) is 3. The number of carbonyl (C=O) groups excluding carboxylic acids is 1. The SMILES string of the molecule is CC(C)NC1(c2ccc(CNC(N)=O)cn2)CC1. The summed E-state index contributed by atoms with van der Waals surface area (Å²) in [6.45, 7) is 4.71. The largest absolute Gasteiger partial charge is 0.352 e. The maximum atomic E-state index is 10.6. The first-order chi connectivity index (χ1) is 8.52. The molecule has 5 heteroatoms. The summed E-state index contributed by atoms with van der Waals surface area (Å²) < 4.78 is 0. The van der Waals surface area contributed by atoms with Crippen LogP contribution in [0, 0.1) is 0 Å². The first kappa shape index (κ1) is 12.8. The fourth-order valence-corrected chi connectivity index (χ4v) is 2.15. The molecule has 1 heterocycles. The van der Waals surface area contributed by atoms with E-state index >= 15 is 0 Å². The van der Waals surface area contributed by atoms with Gasteiger partial charge in [0.2, 0.25) is 0 Å². The van der Waals surface area contributed by atoms with E-state index < -0.39 is 6.03 Å². The number of amides is 2. The predicted molar refractivity (Wildman–Crippen MR) is 69.8 cm³/mol. The molecule has 98 valence electrons. The molecule has 4 N–H and O–H groups in total. The monoisotopic (exact) mass is 248 g/mol. The topological polar surface area (TPSA) is 80.0 Å². The molecule has 0 saturated heterocycles. The molecule has 2 rings (SSSR count). The number of pyridine rings is 1. The molecule has 1 aliphatic rings. The lowest BCUT2D eigenvalue weighted by Gasteiger charge is -2.20. The molecular weight excluding hydrogens is 228 g/mol. The van der Waals surface area contributed by atoms with Crippen molar-refractivity contribution < 1.29 is 4.79 Å². The van der Waals surface area contributed by atoms with Crippen LogP contribution in [0.3, 0.4) is 0 Å². The molecule has 2 amide bonds. The van der Waals surface area contributed by atoms with Crippen LogP contribution in [0.5, 0.6) is 0 Å². The highest BCUT2D eigenvalue weighted by atomic mass is 16.2. The highest BCUT2D eigenvalue weighted by molar-refractivity contribution is 5.71. The molecule has 1 aromatic heterocycles. The maximum absolute atomic E-state index is 10.6. The van der Waals surface area contributed by atoms with Gasteiger partial charge in [0, 0.05) is 18.8 Å². The van der Waals surface area contributed by atoms with Crippen LogP contribution in [0.4, 0.5) is 4.79 Å². The number of nitrogens with one attached hydrogen (secondary N) is 2. The zero-order valence-electron chi connectivity index (χ0n) is 10.9. The highest BCUT2D eigenvalue weighted by Crippen LogP contribution is 2.44. The van der Waals surface area contributed by atoms with Crippen LogP contribution < -0.4 is 16.4 Å². The van der Waals surface area contributed by atoms with Crippen molar-refractivity contribution in [3.05, 3.63) is 29.6 Å². The minimum atomic E-state index is -0.515. The van der Waals surface area contributed by atoms with Crippen molar-refractivity contribution in [2.75, 3.05) is 0 Å². The Labute approximate surface area is 107 Å². The minimum absolute atomic E-state index is 0.0732. The number of primary amides is 1. The van der Waals surface area contributed by atoms with Crippen LogP contribution in [-0.4, -0.2) is 17.1 Å². The third kappa shape index (κ3) is 2.98. The summed E-state index contributed by atoms with van der Waals surface area (Å²) >= 11 is 0. The van der Waals surface area contributed by atoms with Crippen molar-refractivity contribution in [1.29, 1.82) is 0 Å². The minimum Gasteiger partial charge on any atom is -0.352 e. The number of hydrogen-bond acceptors (Lipinski definition) is 3. The number of aromatic nitrogens is 1. The van der Waals surface area contributed by atoms with Gasteiger partial charge in [-0.05, 0) is 38.3 Å². The molecule has 0 bridgehead atoms. The molecule has 0 unspecified atom stereocenters. The van der Waals surface area contributed by atoms with E-state index in [0.717, 1.165) is 24.1 Å². The lowest BCUT2D eigenvalue weighted by Crippen LogP contribution is -2.35.